The van der Waals surface area contributed by atoms with Crippen molar-refractivity contribution in [1.29, 1.82) is 0 Å². The smallest absolute Gasteiger partial charge is 0.0611 e. The molecule has 2 aromatic rings. The summed E-state index contributed by atoms with van der Waals surface area (Å²) in [7, 11) is 2.06. The van der Waals surface area contributed by atoms with Crippen LogP contribution in [0.2, 0.25) is 0 Å². The predicted molar refractivity (Wildman–Crippen MR) is 86.5 cm³/mol. The van der Waals surface area contributed by atoms with E-state index in [0.29, 0.717) is 0 Å². The molecule has 0 saturated carbocycles. The van der Waals surface area contributed by atoms with Gasteiger partial charge in [-0.2, -0.15) is 0 Å². The number of nitrogens with zero attached hydrogens (tertiary/aromatic N) is 1. The zero-order valence-electron chi connectivity index (χ0n) is 11.4. The predicted octanol–water partition coefficient (Wildman–Crippen LogP) is 4.23. The molecule has 0 aliphatic rings. The molecule has 2 aromatic carbocycles. The zero-order valence-corrected chi connectivity index (χ0v) is 12.9. The second-order valence-electron chi connectivity index (χ2n) is 4.73. The van der Waals surface area contributed by atoms with Gasteiger partial charge in [0.15, 0.2) is 0 Å². The summed E-state index contributed by atoms with van der Waals surface area (Å²) in [5.41, 5.74) is 10.5. The summed E-state index contributed by atoms with van der Waals surface area (Å²) in [4.78, 5) is 2.17. The average Bonchev–Trinajstić information content (AvgIpc) is 2.42. The second kappa shape index (κ2) is 6.11. The Morgan fingerprint density at radius 1 is 1.05 bits per heavy atom. The molecule has 2 nitrogen and oxygen atoms in total. The van der Waals surface area contributed by atoms with Crippen molar-refractivity contribution in [3.63, 3.8) is 0 Å². The van der Waals surface area contributed by atoms with E-state index in [9.17, 15) is 0 Å². The van der Waals surface area contributed by atoms with Gasteiger partial charge in [-0.05, 0) is 35.7 Å². The normalized spacial score (nSPS) is 10.5. The monoisotopic (exact) mass is 318 g/mol. The fourth-order valence-corrected chi connectivity index (χ4v) is 2.44. The molecular weight excluding hydrogens is 300 g/mol. The van der Waals surface area contributed by atoms with Gasteiger partial charge in [0.2, 0.25) is 0 Å². The van der Waals surface area contributed by atoms with E-state index in [1.165, 1.54) is 11.1 Å². The molecule has 19 heavy (non-hydrogen) atoms. The summed E-state index contributed by atoms with van der Waals surface area (Å²) >= 11 is 3.49. The van der Waals surface area contributed by atoms with Crippen molar-refractivity contribution < 1.29 is 0 Å². The van der Waals surface area contributed by atoms with Crippen LogP contribution in [0.1, 0.15) is 18.1 Å². The topological polar surface area (TPSA) is 29.3 Å². The number of rotatable bonds is 4. The molecule has 0 heterocycles. The zero-order chi connectivity index (χ0) is 13.8. The van der Waals surface area contributed by atoms with Crippen LogP contribution in [-0.4, -0.2) is 7.05 Å². The van der Waals surface area contributed by atoms with Crippen LogP contribution in [0.5, 0.6) is 0 Å². The summed E-state index contributed by atoms with van der Waals surface area (Å²) < 4.78 is 1.05. The van der Waals surface area contributed by atoms with Gasteiger partial charge in [-0.15, -0.1) is 0 Å². The number of halogens is 1. The number of benzene rings is 2. The van der Waals surface area contributed by atoms with Crippen molar-refractivity contribution in [2.75, 3.05) is 17.7 Å². The van der Waals surface area contributed by atoms with E-state index in [0.717, 1.165) is 28.8 Å². The van der Waals surface area contributed by atoms with E-state index < -0.39 is 0 Å². The summed E-state index contributed by atoms with van der Waals surface area (Å²) in [6.45, 7) is 3.02. The fraction of sp³-hybridized carbons (Fsp3) is 0.250. The Morgan fingerprint density at radius 3 is 2.32 bits per heavy atom. The highest BCUT2D eigenvalue weighted by Gasteiger charge is 2.06. The lowest BCUT2D eigenvalue weighted by atomic mass is 10.1. The highest BCUT2D eigenvalue weighted by atomic mass is 79.9. The van der Waals surface area contributed by atoms with Gasteiger partial charge >= 0.3 is 0 Å². The lowest BCUT2D eigenvalue weighted by molar-refractivity contribution is 0.922. The summed E-state index contributed by atoms with van der Waals surface area (Å²) in [5, 5.41) is 0. The number of aryl methyl sites for hydroxylation is 1. The van der Waals surface area contributed by atoms with E-state index in [-0.39, 0.29) is 0 Å². The number of nitrogen functional groups attached to an aromatic ring is 1. The third-order valence-electron chi connectivity index (χ3n) is 3.25. The number of hydrogen-bond acceptors (Lipinski definition) is 2. The maximum Gasteiger partial charge on any atom is 0.0611 e. The van der Waals surface area contributed by atoms with Crippen LogP contribution in [0, 0.1) is 0 Å². The minimum absolute atomic E-state index is 0.802. The van der Waals surface area contributed by atoms with Gasteiger partial charge in [-0.25, -0.2) is 0 Å². The molecule has 0 aliphatic carbocycles. The molecule has 0 spiro atoms. The molecule has 0 aromatic heterocycles. The van der Waals surface area contributed by atoms with Crippen molar-refractivity contribution in [2.45, 2.75) is 19.9 Å². The van der Waals surface area contributed by atoms with E-state index in [1.807, 2.05) is 12.1 Å². The first-order valence-electron chi connectivity index (χ1n) is 6.44. The molecule has 0 fully saturated rings. The van der Waals surface area contributed by atoms with Gasteiger partial charge in [0.1, 0.15) is 0 Å². The second-order valence-corrected chi connectivity index (χ2v) is 5.64. The Kier molecular flexibility index (Phi) is 4.48. The third kappa shape index (κ3) is 3.51. The first-order valence-corrected chi connectivity index (χ1v) is 7.23. The molecule has 100 valence electrons. The first kappa shape index (κ1) is 13.9. The quantitative estimate of drug-likeness (QED) is 0.855. The largest absolute Gasteiger partial charge is 0.397 e. The number of hydrogen-bond donors (Lipinski definition) is 1. The van der Waals surface area contributed by atoms with Gasteiger partial charge in [0.05, 0.1) is 11.4 Å². The van der Waals surface area contributed by atoms with Gasteiger partial charge in [-0.3, -0.25) is 0 Å². The standard InChI is InChI=1S/C16H19BrN2/c1-3-12-4-6-13(7-5-12)11-19(2)16-10-14(17)8-9-15(16)18/h4-10H,3,11,18H2,1-2H3. The van der Waals surface area contributed by atoms with E-state index >= 15 is 0 Å². The van der Waals surface area contributed by atoms with Gasteiger partial charge in [0.25, 0.3) is 0 Å². The minimum Gasteiger partial charge on any atom is -0.397 e. The van der Waals surface area contributed by atoms with Gasteiger partial charge < -0.3 is 10.6 Å². The van der Waals surface area contributed by atoms with Gasteiger partial charge in [-0.1, -0.05) is 47.1 Å². The van der Waals surface area contributed by atoms with E-state index in [2.05, 4.69) is 65.1 Å². The first-order chi connectivity index (χ1) is 9.10. The van der Waals surface area contributed by atoms with Crippen molar-refractivity contribution in [3.8, 4) is 0 Å². The molecule has 0 bridgehead atoms. The Balaban J connectivity index is 2.15. The molecule has 0 saturated heterocycles. The van der Waals surface area contributed by atoms with Crippen LogP contribution < -0.4 is 10.6 Å². The van der Waals surface area contributed by atoms with Crippen molar-refractivity contribution >= 4 is 27.3 Å². The summed E-state index contributed by atoms with van der Waals surface area (Å²) in [5.74, 6) is 0. The van der Waals surface area contributed by atoms with E-state index in [1.54, 1.807) is 0 Å². The SMILES string of the molecule is CCc1ccc(CN(C)c2cc(Br)ccc2N)cc1. The molecule has 3 heteroatoms. The number of nitrogens with two attached hydrogens (primary N) is 1. The maximum atomic E-state index is 6.03. The Labute approximate surface area is 123 Å². The lowest BCUT2D eigenvalue weighted by Gasteiger charge is -2.21. The Bertz CT molecular complexity index is 549. The Morgan fingerprint density at radius 2 is 1.68 bits per heavy atom. The van der Waals surface area contributed by atoms with Crippen LogP contribution in [0.3, 0.4) is 0 Å². The number of anilines is 2. The highest BCUT2D eigenvalue weighted by Crippen LogP contribution is 2.27. The van der Waals surface area contributed by atoms with Crippen molar-refractivity contribution in [1.82, 2.24) is 0 Å². The molecule has 2 rings (SSSR count). The lowest BCUT2D eigenvalue weighted by Crippen LogP contribution is -2.17. The molecule has 2 N–H and O–H groups in total. The average molecular weight is 319 g/mol. The maximum absolute atomic E-state index is 6.03. The van der Waals surface area contributed by atoms with Crippen molar-refractivity contribution in [2.24, 2.45) is 0 Å². The molecule has 0 aliphatic heterocycles. The Hall–Kier alpha value is -1.48. The van der Waals surface area contributed by atoms with Crippen LogP contribution in [0.15, 0.2) is 46.9 Å². The highest BCUT2D eigenvalue weighted by molar-refractivity contribution is 9.10. The van der Waals surface area contributed by atoms with E-state index in [4.69, 9.17) is 5.73 Å². The summed E-state index contributed by atoms with van der Waals surface area (Å²) in [6, 6.07) is 14.7. The van der Waals surface area contributed by atoms with Crippen LogP contribution in [0.25, 0.3) is 0 Å². The molecule has 0 amide bonds. The molecular formula is C16H19BrN2. The van der Waals surface area contributed by atoms with Crippen LogP contribution in [0.4, 0.5) is 11.4 Å². The molecule has 0 radical (unpaired) electrons. The van der Waals surface area contributed by atoms with Crippen LogP contribution >= 0.6 is 15.9 Å². The third-order valence-corrected chi connectivity index (χ3v) is 3.75. The van der Waals surface area contributed by atoms with Crippen LogP contribution in [-0.2, 0) is 13.0 Å². The minimum atomic E-state index is 0.802. The fourth-order valence-electron chi connectivity index (χ4n) is 2.09. The summed E-state index contributed by atoms with van der Waals surface area (Å²) in [6.07, 6.45) is 1.08. The van der Waals surface area contributed by atoms with Crippen molar-refractivity contribution in [3.05, 3.63) is 58.1 Å². The van der Waals surface area contributed by atoms with Gasteiger partial charge in [0, 0.05) is 18.1 Å². The molecule has 0 atom stereocenters. The molecule has 0 unspecified atom stereocenters.